The molecule has 0 unspecified atom stereocenters. The maximum absolute atomic E-state index is 12.0. The number of nitrogens with zero attached hydrogens (tertiary/aromatic N) is 1. The lowest BCUT2D eigenvalue weighted by Gasteiger charge is -2.06. The monoisotopic (exact) mass is 320 g/mol. The third-order valence-corrected chi connectivity index (χ3v) is 3.38. The largest absolute Gasteiger partial charge is 0.271 e. The summed E-state index contributed by atoms with van der Waals surface area (Å²) in [5, 5.41) is 5.40. The van der Waals surface area contributed by atoms with Crippen LogP contribution in [0.4, 0.5) is 0 Å². The van der Waals surface area contributed by atoms with Crippen molar-refractivity contribution in [2.24, 2.45) is 5.10 Å². The van der Waals surface area contributed by atoms with Crippen molar-refractivity contribution in [3.05, 3.63) is 69.7 Å². The van der Waals surface area contributed by atoms with Gasteiger partial charge in [-0.05, 0) is 48.4 Å². The average molecular weight is 321 g/mol. The Hall–Kier alpha value is -1.84. The summed E-state index contributed by atoms with van der Waals surface area (Å²) in [4.78, 5) is 12.0. The lowest BCUT2D eigenvalue weighted by molar-refractivity contribution is 0.0955. The van der Waals surface area contributed by atoms with Crippen molar-refractivity contribution in [3.8, 4) is 0 Å². The van der Waals surface area contributed by atoms with E-state index in [1.807, 2.05) is 25.1 Å². The van der Waals surface area contributed by atoms with E-state index in [-0.39, 0.29) is 5.91 Å². The van der Waals surface area contributed by atoms with Crippen LogP contribution in [0.1, 0.15) is 29.3 Å². The van der Waals surface area contributed by atoms with Gasteiger partial charge in [-0.25, -0.2) is 5.43 Å². The van der Waals surface area contributed by atoms with Crippen molar-refractivity contribution < 1.29 is 4.79 Å². The zero-order valence-electron chi connectivity index (χ0n) is 11.4. The van der Waals surface area contributed by atoms with Gasteiger partial charge in [0, 0.05) is 15.6 Å². The van der Waals surface area contributed by atoms with Crippen LogP contribution < -0.4 is 5.43 Å². The Kier molecular flexibility index (Phi) is 5.37. The SMILES string of the molecule is CCC(=NNC(=O)c1ccc(Cl)cc1)c1cccc(Cl)c1. The topological polar surface area (TPSA) is 41.5 Å². The third kappa shape index (κ3) is 4.31. The number of carbonyl (C=O) groups excluding carboxylic acids is 1. The second-order valence-electron chi connectivity index (χ2n) is 4.37. The molecule has 0 atom stereocenters. The van der Waals surface area contributed by atoms with Crippen molar-refractivity contribution in [2.75, 3.05) is 0 Å². The summed E-state index contributed by atoms with van der Waals surface area (Å²) in [6.07, 6.45) is 0.682. The molecule has 0 radical (unpaired) electrons. The molecule has 0 aliphatic rings. The second-order valence-corrected chi connectivity index (χ2v) is 5.24. The molecule has 2 rings (SSSR count). The summed E-state index contributed by atoms with van der Waals surface area (Å²) in [5.74, 6) is -0.278. The predicted octanol–water partition coefficient (Wildman–Crippen LogP) is 4.54. The van der Waals surface area contributed by atoms with E-state index >= 15 is 0 Å². The van der Waals surface area contributed by atoms with E-state index in [1.165, 1.54) is 0 Å². The minimum Gasteiger partial charge on any atom is -0.267 e. The first-order valence-corrected chi connectivity index (χ1v) is 7.24. The van der Waals surface area contributed by atoms with Gasteiger partial charge in [0.25, 0.3) is 5.91 Å². The molecule has 21 heavy (non-hydrogen) atoms. The molecular formula is C16H14Cl2N2O. The van der Waals surface area contributed by atoms with Gasteiger partial charge in [0.2, 0.25) is 0 Å². The van der Waals surface area contributed by atoms with E-state index < -0.39 is 0 Å². The second kappa shape index (κ2) is 7.25. The van der Waals surface area contributed by atoms with Crippen molar-refractivity contribution in [1.82, 2.24) is 5.43 Å². The minimum atomic E-state index is -0.278. The molecule has 0 aliphatic heterocycles. The molecule has 2 aromatic carbocycles. The van der Waals surface area contributed by atoms with Crippen LogP contribution >= 0.6 is 23.2 Å². The smallest absolute Gasteiger partial charge is 0.267 e. The van der Waals surface area contributed by atoms with Crippen LogP contribution in [0.5, 0.6) is 0 Å². The van der Waals surface area contributed by atoms with Gasteiger partial charge in [-0.15, -0.1) is 0 Å². The van der Waals surface area contributed by atoms with E-state index in [4.69, 9.17) is 23.2 Å². The van der Waals surface area contributed by atoms with Crippen LogP contribution in [-0.2, 0) is 0 Å². The molecule has 3 nitrogen and oxygen atoms in total. The van der Waals surface area contributed by atoms with Crippen molar-refractivity contribution >= 4 is 34.8 Å². The Bertz CT molecular complexity index is 666. The average Bonchev–Trinajstić information content (AvgIpc) is 2.48. The molecule has 5 heteroatoms. The highest BCUT2D eigenvalue weighted by Crippen LogP contribution is 2.13. The van der Waals surface area contributed by atoms with E-state index in [1.54, 1.807) is 30.3 Å². The number of rotatable bonds is 4. The van der Waals surface area contributed by atoms with Crippen molar-refractivity contribution in [3.63, 3.8) is 0 Å². The number of carbonyl (C=O) groups is 1. The molecule has 0 saturated carbocycles. The predicted molar refractivity (Wildman–Crippen MR) is 87.2 cm³/mol. The van der Waals surface area contributed by atoms with Gasteiger partial charge in [-0.3, -0.25) is 4.79 Å². The van der Waals surface area contributed by atoms with Gasteiger partial charge >= 0.3 is 0 Å². The third-order valence-electron chi connectivity index (χ3n) is 2.89. The molecule has 0 aromatic heterocycles. The lowest BCUT2D eigenvalue weighted by atomic mass is 10.1. The molecule has 1 amide bonds. The molecule has 0 saturated heterocycles. The number of amides is 1. The maximum Gasteiger partial charge on any atom is 0.271 e. The van der Waals surface area contributed by atoms with Crippen LogP contribution in [0, 0.1) is 0 Å². The Morgan fingerprint density at radius 3 is 2.38 bits per heavy atom. The molecular weight excluding hydrogens is 307 g/mol. The summed E-state index contributed by atoms with van der Waals surface area (Å²) in [6.45, 7) is 1.97. The van der Waals surface area contributed by atoms with Gasteiger partial charge in [-0.2, -0.15) is 5.10 Å². The molecule has 0 aliphatic carbocycles. The Morgan fingerprint density at radius 2 is 1.76 bits per heavy atom. The summed E-state index contributed by atoms with van der Waals surface area (Å²) in [7, 11) is 0. The highest BCUT2D eigenvalue weighted by atomic mass is 35.5. The van der Waals surface area contributed by atoms with E-state index in [9.17, 15) is 4.79 Å². The van der Waals surface area contributed by atoms with Crippen molar-refractivity contribution in [1.29, 1.82) is 0 Å². The summed E-state index contributed by atoms with van der Waals surface area (Å²) < 4.78 is 0. The van der Waals surface area contributed by atoms with Gasteiger partial charge < -0.3 is 0 Å². The summed E-state index contributed by atoms with van der Waals surface area (Å²) >= 11 is 11.8. The molecule has 2 aromatic rings. The van der Waals surface area contributed by atoms with Crippen LogP contribution in [0.15, 0.2) is 53.6 Å². The molecule has 0 spiro atoms. The molecule has 0 bridgehead atoms. The zero-order valence-corrected chi connectivity index (χ0v) is 12.9. The first-order chi connectivity index (χ1) is 10.1. The van der Waals surface area contributed by atoms with E-state index in [0.717, 1.165) is 11.3 Å². The van der Waals surface area contributed by atoms with Gasteiger partial charge in [-0.1, -0.05) is 42.3 Å². The van der Waals surface area contributed by atoms with Gasteiger partial charge in [0.1, 0.15) is 0 Å². The summed E-state index contributed by atoms with van der Waals surface area (Å²) in [5.41, 5.74) is 4.71. The minimum absolute atomic E-state index is 0.278. The van der Waals surface area contributed by atoms with Gasteiger partial charge in [0.15, 0.2) is 0 Å². The highest BCUT2D eigenvalue weighted by Gasteiger charge is 2.06. The van der Waals surface area contributed by atoms with Crippen LogP contribution in [-0.4, -0.2) is 11.6 Å². The number of benzene rings is 2. The molecule has 1 N–H and O–H groups in total. The standard InChI is InChI=1S/C16H14Cl2N2O/c1-2-15(12-4-3-5-14(18)10-12)19-20-16(21)11-6-8-13(17)9-7-11/h3-10H,2H2,1H3,(H,20,21). The zero-order chi connectivity index (χ0) is 15.2. The lowest BCUT2D eigenvalue weighted by Crippen LogP contribution is -2.19. The summed E-state index contributed by atoms with van der Waals surface area (Å²) in [6, 6.07) is 14.0. The Labute approximate surface area is 133 Å². The highest BCUT2D eigenvalue weighted by molar-refractivity contribution is 6.31. The van der Waals surface area contributed by atoms with Gasteiger partial charge in [0.05, 0.1) is 5.71 Å². The fraction of sp³-hybridized carbons (Fsp3) is 0.125. The number of halogens is 2. The number of hydrazone groups is 1. The Morgan fingerprint density at radius 1 is 1.05 bits per heavy atom. The quantitative estimate of drug-likeness (QED) is 0.652. The molecule has 0 heterocycles. The molecule has 0 fully saturated rings. The Balaban J connectivity index is 2.14. The van der Waals surface area contributed by atoms with Crippen LogP contribution in [0.2, 0.25) is 10.0 Å². The normalized spacial score (nSPS) is 11.3. The number of nitrogens with one attached hydrogen (secondary N) is 1. The van der Waals surface area contributed by atoms with E-state index in [0.29, 0.717) is 22.0 Å². The van der Waals surface area contributed by atoms with Crippen LogP contribution in [0.25, 0.3) is 0 Å². The fourth-order valence-electron chi connectivity index (χ4n) is 1.80. The number of hydrogen-bond acceptors (Lipinski definition) is 2. The fourth-order valence-corrected chi connectivity index (χ4v) is 2.12. The maximum atomic E-state index is 12.0. The first-order valence-electron chi connectivity index (χ1n) is 6.48. The van der Waals surface area contributed by atoms with Crippen LogP contribution in [0.3, 0.4) is 0 Å². The number of hydrogen-bond donors (Lipinski definition) is 1. The van der Waals surface area contributed by atoms with Crippen molar-refractivity contribution in [2.45, 2.75) is 13.3 Å². The first kappa shape index (κ1) is 15.5. The molecule has 108 valence electrons. The van der Waals surface area contributed by atoms with E-state index in [2.05, 4.69) is 10.5 Å².